The van der Waals surface area contributed by atoms with Crippen molar-refractivity contribution in [3.05, 3.63) is 29.0 Å². The number of aliphatic carboxylic acids is 1. The normalized spacial score (nSPS) is 13.8. The molecule has 1 aromatic rings. The highest BCUT2D eigenvalue weighted by molar-refractivity contribution is 6.30. The van der Waals surface area contributed by atoms with Crippen LogP contribution in [0.15, 0.2) is 18.3 Å². The molecule has 1 unspecified atom stereocenters. The molecular weight excluding hydrogens is 244 g/mol. The van der Waals surface area contributed by atoms with Crippen LogP contribution in [0.1, 0.15) is 30.8 Å². The Labute approximate surface area is 104 Å². The summed E-state index contributed by atoms with van der Waals surface area (Å²) in [4.78, 5) is 26.6. The second-order valence-electron chi connectivity index (χ2n) is 3.80. The van der Waals surface area contributed by atoms with Gasteiger partial charge in [0.2, 0.25) is 0 Å². The lowest BCUT2D eigenvalue weighted by atomic mass is 9.99. The topological polar surface area (TPSA) is 79.3 Å². The standard InChI is InChI=1S/C11H13ClN2O3/c1-3-11(2,10(16)17)14-9(15)8-6-7(12)4-5-13-8/h4-6H,3H2,1-2H3,(H,14,15)(H,16,17). The van der Waals surface area contributed by atoms with Crippen LogP contribution >= 0.6 is 11.6 Å². The minimum absolute atomic E-state index is 0.0958. The molecule has 0 spiro atoms. The van der Waals surface area contributed by atoms with Crippen molar-refractivity contribution < 1.29 is 14.7 Å². The van der Waals surface area contributed by atoms with Crippen molar-refractivity contribution in [2.24, 2.45) is 0 Å². The number of carbonyl (C=O) groups is 2. The van der Waals surface area contributed by atoms with Gasteiger partial charge in [0.05, 0.1) is 0 Å². The van der Waals surface area contributed by atoms with Crippen LogP contribution < -0.4 is 5.32 Å². The number of amides is 1. The summed E-state index contributed by atoms with van der Waals surface area (Å²) in [5.41, 5.74) is -1.21. The third kappa shape index (κ3) is 3.17. The first-order valence-corrected chi connectivity index (χ1v) is 5.44. The van der Waals surface area contributed by atoms with E-state index in [9.17, 15) is 9.59 Å². The number of pyridine rings is 1. The van der Waals surface area contributed by atoms with Gasteiger partial charge >= 0.3 is 5.97 Å². The van der Waals surface area contributed by atoms with Crippen molar-refractivity contribution >= 4 is 23.5 Å². The fraction of sp³-hybridized carbons (Fsp3) is 0.364. The van der Waals surface area contributed by atoms with Crippen LogP contribution in [0.25, 0.3) is 0 Å². The van der Waals surface area contributed by atoms with Crippen molar-refractivity contribution in [1.29, 1.82) is 0 Å². The lowest BCUT2D eigenvalue weighted by Gasteiger charge is -2.24. The van der Waals surface area contributed by atoms with Crippen molar-refractivity contribution in [3.8, 4) is 0 Å². The highest BCUT2D eigenvalue weighted by Gasteiger charge is 2.33. The predicted octanol–water partition coefficient (Wildman–Crippen LogP) is 1.72. The molecule has 1 heterocycles. The Morgan fingerprint density at radius 2 is 2.24 bits per heavy atom. The summed E-state index contributed by atoms with van der Waals surface area (Å²) in [6.45, 7) is 3.12. The highest BCUT2D eigenvalue weighted by atomic mass is 35.5. The molecule has 1 aromatic heterocycles. The van der Waals surface area contributed by atoms with Crippen LogP contribution in [0.4, 0.5) is 0 Å². The van der Waals surface area contributed by atoms with Crippen LogP contribution in [-0.4, -0.2) is 27.5 Å². The van der Waals surface area contributed by atoms with Gasteiger partial charge in [-0.25, -0.2) is 4.79 Å². The minimum Gasteiger partial charge on any atom is -0.480 e. The Morgan fingerprint density at radius 3 is 2.71 bits per heavy atom. The number of nitrogens with zero attached hydrogens (tertiary/aromatic N) is 1. The Balaban J connectivity index is 2.89. The summed E-state index contributed by atoms with van der Waals surface area (Å²) in [6, 6.07) is 2.92. The van der Waals surface area contributed by atoms with E-state index >= 15 is 0 Å². The summed E-state index contributed by atoms with van der Waals surface area (Å²) in [6.07, 6.45) is 1.66. The largest absolute Gasteiger partial charge is 0.480 e. The maximum absolute atomic E-state index is 11.8. The van der Waals surface area contributed by atoms with Gasteiger partial charge in [0.1, 0.15) is 11.2 Å². The molecule has 1 atom stereocenters. The number of carboxylic acids is 1. The molecule has 92 valence electrons. The van der Waals surface area contributed by atoms with E-state index in [1.807, 2.05) is 0 Å². The van der Waals surface area contributed by atoms with E-state index in [2.05, 4.69) is 10.3 Å². The van der Waals surface area contributed by atoms with Gasteiger partial charge in [0.15, 0.2) is 0 Å². The minimum atomic E-state index is -1.30. The second-order valence-corrected chi connectivity index (χ2v) is 4.24. The molecule has 1 rings (SSSR count). The molecule has 0 bridgehead atoms. The van der Waals surface area contributed by atoms with Crippen molar-refractivity contribution in [3.63, 3.8) is 0 Å². The van der Waals surface area contributed by atoms with Gasteiger partial charge in [-0.2, -0.15) is 0 Å². The van der Waals surface area contributed by atoms with E-state index in [4.69, 9.17) is 16.7 Å². The lowest BCUT2D eigenvalue weighted by Crippen LogP contribution is -2.51. The van der Waals surface area contributed by atoms with E-state index in [-0.39, 0.29) is 12.1 Å². The van der Waals surface area contributed by atoms with Crippen LogP contribution in [-0.2, 0) is 4.79 Å². The fourth-order valence-corrected chi connectivity index (χ4v) is 1.30. The second kappa shape index (κ2) is 5.14. The third-order valence-electron chi connectivity index (χ3n) is 2.52. The van der Waals surface area contributed by atoms with Crippen molar-refractivity contribution in [1.82, 2.24) is 10.3 Å². The van der Waals surface area contributed by atoms with E-state index < -0.39 is 17.4 Å². The van der Waals surface area contributed by atoms with Gasteiger partial charge in [-0.1, -0.05) is 18.5 Å². The van der Waals surface area contributed by atoms with Gasteiger partial charge in [0, 0.05) is 11.2 Å². The zero-order valence-electron chi connectivity index (χ0n) is 9.53. The number of nitrogens with one attached hydrogen (secondary N) is 1. The molecule has 5 nitrogen and oxygen atoms in total. The Kier molecular flexibility index (Phi) is 4.07. The molecule has 17 heavy (non-hydrogen) atoms. The van der Waals surface area contributed by atoms with E-state index in [1.54, 1.807) is 6.92 Å². The molecule has 0 aromatic carbocycles. The molecular formula is C11H13ClN2O3. The number of hydrogen-bond acceptors (Lipinski definition) is 3. The summed E-state index contributed by atoms with van der Waals surface area (Å²) in [7, 11) is 0. The SMILES string of the molecule is CCC(C)(NC(=O)c1cc(Cl)ccn1)C(=O)O. The van der Waals surface area contributed by atoms with Crippen LogP contribution in [0, 0.1) is 0 Å². The Morgan fingerprint density at radius 1 is 1.59 bits per heavy atom. The third-order valence-corrected chi connectivity index (χ3v) is 2.76. The van der Waals surface area contributed by atoms with E-state index in [0.29, 0.717) is 5.02 Å². The van der Waals surface area contributed by atoms with Crippen molar-refractivity contribution in [2.45, 2.75) is 25.8 Å². The smallest absolute Gasteiger partial charge is 0.329 e. The summed E-state index contributed by atoms with van der Waals surface area (Å²) >= 11 is 5.72. The van der Waals surface area contributed by atoms with Gasteiger partial charge in [-0.3, -0.25) is 9.78 Å². The first-order valence-electron chi connectivity index (χ1n) is 5.06. The monoisotopic (exact) mass is 256 g/mol. The lowest BCUT2D eigenvalue weighted by molar-refractivity contribution is -0.143. The first-order chi connectivity index (χ1) is 7.89. The Bertz CT molecular complexity index is 450. The average Bonchev–Trinajstić information content (AvgIpc) is 2.28. The Hall–Kier alpha value is -1.62. The fourth-order valence-electron chi connectivity index (χ4n) is 1.14. The van der Waals surface area contributed by atoms with Crippen LogP contribution in [0.5, 0.6) is 0 Å². The molecule has 0 radical (unpaired) electrons. The number of carboxylic acid groups (broad SMARTS) is 1. The van der Waals surface area contributed by atoms with Crippen LogP contribution in [0.2, 0.25) is 5.02 Å². The molecule has 6 heteroatoms. The quantitative estimate of drug-likeness (QED) is 0.860. The summed E-state index contributed by atoms with van der Waals surface area (Å²) < 4.78 is 0. The number of carbonyl (C=O) groups excluding carboxylic acids is 1. The molecule has 0 fully saturated rings. The molecule has 0 saturated heterocycles. The predicted molar refractivity (Wildman–Crippen MR) is 63.0 cm³/mol. The summed E-state index contributed by atoms with van der Waals surface area (Å²) in [5.74, 6) is -1.64. The van der Waals surface area contributed by atoms with Gasteiger partial charge < -0.3 is 10.4 Å². The number of aromatic nitrogens is 1. The van der Waals surface area contributed by atoms with Crippen molar-refractivity contribution in [2.75, 3.05) is 0 Å². The van der Waals surface area contributed by atoms with E-state index in [1.165, 1.54) is 25.3 Å². The van der Waals surface area contributed by atoms with Crippen LogP contribution in [0.3, 0.4) is 0 Å². The average molecular weight is 257 g/mol. The number of rotatable bonds is 4. The molecule has 0 aliphatic carbocycles. The maximum atomic E-state index is 11.8. The first kappa shape index (κ1) is 13.4. The maximum Gasteiger partial charge on any atom is 0.329 e. The summed E-state index contributed by atoms with van der Waals surface area (Å²) in [5, 5.41) is 11.8. The zero-order valence-corrected chi connectivity index (χ0v) is 10.3. The highest BCUT2D eigenvalue weighted by Crippen LogP contribution is 2.12. The van der Waals surface area contributed by atoms with Gasteiger partial charge in [0.25, 0.3) is 5.91 Å². The van der Waals surface area contributed by atoms with Gasteiger partial charge in [-0.15, -0.1) is 0 Å². The molecule has 0 saturated carbocycles. The molecule has 0 aliphatic rings. The molecule has 0 aliphatic heterocycles. The van der Waals surface area contributed by atoms with E-state index in [0.717, 1.165) is 0 Å². The van der Waals surface area contributed by atoms with Gasteiger partial charge in [-0.05, 0) is 25.5 Å². The number of hydrogen-bond donors (Lipinski definition) is 2. The molecule has 2 N–H and O–H groups in total. The zero-order chi connectivity index (χ0) is 13.1. The number of halogens is 1. The molecule has 1 amide bonds.